The Morgan fingerprint density at radius 2 is 1.72 bits per heavy atom. The Morgan fingerprint density at radius 1 is 0.931 bits per heavy atom. The molecule has 0 saturated heterocycles. The molecule has 5 radical (unpaired) electrons. The van der Waals surface area contributed by atoms with Gasteiger partial charge < -0.3 is 4.90 Å². The Kier molecular flexibility index (Phi) is 5.13. The van der Waals surface area contributed by atoms with E-state index in [-0.39, 0.29) is 0 Å². The first-order valence-corrected chi connectivity index (χ1v) is 11.0. The van der Waals surface area contributed by atoms with Crippen molar-refractivity contribution in [2.75, 3.05) is 11.4 Å². The highest BCUT2D eigenvalue weighted by Gasteiger charge is 2.25. The minimum absolute atomic E-state index is 1.02. The number of rotatable bonds is 5. The molecule has 2 heterocycles. The highest BCUT2D eigenvalue weighted by molar-refractivity contribution is 7.99. The van der Waals surface area contributed by atoms with Crippen LogP contribution in [-0.4, -0.2) is 16.3 Å². The second-order valence-electron chi connectivity index (χ2n) is 7.47. The molecule has 0 bridgehead atoms. The van der Waals surface area contributed by atoms with Gasteiger partial charge in [0.15, 0.2) is 0 Å². The Balaban J connectivity index is 1.51. The van der Waals surface area contributed by atoms with Crippen molar-refractivity contribution in [3.8, 4) is 11.3 Å². The molecule has 4 heteroatoms. The molecule has 3 nitrogen and oxygen atoms in total. The molecule has 0 amide bonds. The fourth-order valence-electron chi connectivity index (χ4n) is 3.97. The van der Waals surface area contributed by atoms with E-state index in [1.807, 2.05) is 23.5 Å². The predicted octanol–water partition coefficient (Wildman–Crippen LogP) is 6.24. The average Bonchev–Trinajstić information content (AvgIpc) is 3.40. The van der Waals surface area contributed by atoms with Gasteiger partial charge in [0.25, 0.3) is 0 Å². The van der Waals surface area contributed by atoms with Crippen molar-refractivity contribution in [1.82, 2.24) is 9.78 Å². The van der Waals surface area contributed by atoms with Crippen molar-refractivity contribution < 1.29 is 0 Å². The lowest BCUT2D eigenvalue weighted by Gasteiger charge is -2.33. The van der Waals surface area contributed by atoms with E-state index in [1.54, 1.807) is 0 Å². The third-order valence-electron chi connectivity index (χ3n) is 5.50. The molecule has 0 unspecified atom stereocenters. The van der Waals surface area contributed by atoms with Gasteiger partial charge in [-0.1, -0.05) is 43.3 Å². The van der Waals surface area contributed by atoms with Crippen LogP contribution >= 0.6 is 11.8 Å². The lowest BCUT2D eigenvalue weighted by Crippen LogP contribution is -2.21. The maximum absolute atomic E-state index is 4.79. The smallest absolute Gasteiger partial charge is 0.0926 e. The Morgan fingerprint density at radius 3 is 2.55 bits per heavy atom. The van der Waals surface area contributed by atoms with Crippen LogP contribution in [0.4, 0.5) is 11.4 Å². The summed E-state index contributed by atoms with van der Waals surface area (Å²) < 4.78 is 1.97. The Labute approximate surface area is 178 Å². The number of aryl methyl sites for hydroxylation is 1. The Bertz CT molecular complexity index is 1020. The summed E-state index contributed by atoms with van der Waals surface area (Å²) >= 11 is 1.86. The van der Waals surface area contributed by atoms with Crippen LogP contribution in [0.3, 0.4) is 0 Å². The molecule has 3 aromatic rings. The summed E-state index contributed by atoms with van der Waals surface area (Å²) in [5.74, 6) is 1.21. The quantitative estimate of drug-likeness (QED) is 0.507. The number of anilines is 2. The van der Waals surface area contributed by atoms with Crippen molar-refractivity contribution in [3.63, 3.8) is 0 Å². The number of para-hydroxylation sites is 1. The molecule has 1 fully saturated rings. The zero-order valence-corrected chi connectivity index (χ0v) is 17.6. The van der Waals surface area contributed by atoms with Crippen LogP contribution < -0.4 is 4.90 Å². The van der Waals surface area contributed by atoms with Gasteiger partial charge in [0.2, 0.25) is 0 Å². The van der Waals surface area contributed by atoms with Gasteiger partial charge in [0.05, 0.1) is 17.1 Å². The van der Waals surface area contributed by atoms with E-state index >= 15 is 0 Å². The molecular weight excluding hydrogens is 374 g/mol. The normalized spacial score (nSPS) is 16.1. The van der Waals surface area contributed by atoms with E-state index in [9.17, 15) is 0 Å². The van der Waals surface area contributed by atoms with Gasteiger partial charge in [0.1, 0.15) is 0 Å². The van der Waals surface area contributed by atoms with Gasteiger partial charge in [-0.3, -0.25) is 4.68 Å². The average molecular weight is 399 g/mol. The van der Waals surface area contributed by atoms with Gasteiger partial charge in [-0.2, -0.15) is 5.10 Å². The molecular formula is C25H24N3S. The summed E-state index contributed by atoms with van der Waals surface area (Å²) in [6, 6.07) is 17.7. The summed E-state index contributed by atoms with van der Waals surface area (Å²) in [5.41, 5.74) is 5.96. The van der Waals surface area contributed by atoms with Crippen molar-refractivity contribution >= 4 is 23.1 Å². The fraction of sp³-hybridized carbons (Fsp3) is 0.200. The van der Waals surface area contributed by atoms with Crippen molar-refractivity contribution in [2.45, 2.75) is 29.6 Å². The summed E-state index contributed by atoms with van der Waals surface area (Å²) in [7, 11) is 2.02. The topological polar surface area (TPSA) is 21.1 Å². The van der Waals surface area contributed by atoms with Gasteiger partial charge in [-0.05, 0) is 62.4 Å². The highest BCUT2D eigenvalue weighted by Crippen LogP contribution is 2.49. The number of hydrogen-bond donors (Lipinski definition) is 0. The first-order chi connectivity index (χ1) is 14.2. The number of nitrogens with zero attached hydrogens (tertiary/aromatic N) is 3. The zero-order valence-electron chi connectivity index (χ0n) is 16.8. The van der Waals surface area contributed by atoms with Crippen LogP contribution in [0.5, 0.6) is 0 Å². The molecule has 2 aliphatic rings. The monoisotopic (exact) mass is 398 g/mol. The van der Waals surface area contributed by atoms with Crippen LogP contribution in [0, 0.1) is 31.6 Å². The van der Waals surface area contributed by atoms with Crippen LogP contribution in [-0.2, 0) is 7.05 Å². The SMILES string of the molecule is CCCCN1c2ccccc2Sc2cc(-c3cc([C]4[CH][CH][CH][CH]4)n(C)n3)ccc21. The van der Waals surface area contributed by atoms with Crippen LogP contribution in [0.2, 0.25) is 0 Å². The standard InChI is InChI=1S/C25H24N3S/c1-3-4-15-28-21-11-7-8-12-24(21)29-25-16-19(13-14-22(25)28)20-17-23(27(2)26-20)18-9-5-6-10-18/h5-14,16-17H,3-4,15H2,1-2H3. The molecule has 1 aromatic heterocycles. The van der Waals surface area contributed by atoms with Crippen molar-refractivity contribution in [3.05, 3.63) is 85.8 Å². The largest absolute Gasteiger partial charge is 0.340 e. The zero-order chi connectivity index (χ0) is 19.8. The highest BCUT2D eigenvalue weighted by atomic mass is 32.2. The molecule has 5 rings (SSSR count). The fourth-order valence-corrected chi connectivity index (χ4v) is 5.11. The Hall–Kier alpha value is -2.20. The molecule has 1 saturated carbocycles. The molecule has 2 aromatic carbocycles. The second kappa shape index (κ2) is 7.91. The van der Waals surface area contributed by atoms with E-state index in [2.05, 4.69) is 86.0 Å². The summed E-state index contributed by atoms with van der Waals surface area (Å²) in [5, 5.41) is 4.79. The van der Waals surface area contributed by atoms with Crippen molar-refractivity contribution in [2.24, 2.45) is 7.05 Å². The minimum Gasteiger partial charge on any atom is -0.340 e. The predicted molar refractivity (Wildman–Crippen MR) is 121 cm³/mol. The molecule has 29 heavy (non-hydrogen) atoms. The summed E-state index contributed by atoms with van der Waals surface area (Å²) in [6.45, 7) is 3.30. The van der Waals surface area contributed by atoms with Crippen LogP contribution in [0.15, 0.2) is 58.3 Å². The molecule has 1 aliphatic carbocycles. The van der Waals surface area contributed by atoms with Crippen LogP contribution in [0.25, 0.3) is 11.3 Å². The third-order valence-corrected chi connectivity index (χ3v) is 6.61. The van der Waals surface area contributed by atoms with Gasteiger partial charge in [0, 0.05) is 40.6 Å². The maximum Gasteiger partial charge on any atom is 0.0926 e. The molecule has 0 atom stereocenters. The number of hydrogen-bond acceptors (Lipinski definition) is 3. The van der Waals surface area contributed by atoms with E-state index in [0.717, 1.165) is 17.9 Å². The summed E-state index contributed by atoms with van der Waals surface area (Å²) in [6.07, 6.45) is 10.8. The first kappa shape index (κ1) is 18.8. The second-order valence-corrected chi connectivity index (χ2v) is 8.55. The molecule has 0 spiro atoms. The number of fused-ring (bicyclic) bond motifs is 2. The minimum atomic E-state index is 1.02. The number of unbranched alkanes of at least 4 members (excludes halogenated alkanes) is 1. The van der Waals surface area contributed by atoms with E-state index in [1.165, 1.54) is 45.5 Å². The lowest BCUT2D eigenvalue weighted by molar-refractivity contribution is 0.739. The summed E-state index contributed by atoms with van der Waals surface area (Å²) in [4.78, 5) is 5.10. The van der Waals surface area contributed by atoms with Gasteiger partial charge in [-0.25, -0.2) is 0 Å². The maximum atomic E-state index is 4.79. The van der Waals surface area contributed by atoms with E-state index in [0.29, 0.717) is 0 Å². The molecule has 0 N–H and O–H groups in total. The first-order valence-electron chi connectivity index (χ1n) is 10.2. The lowest BCUT2D eigenvalue weighted by atomic mass is 10.0. The third kappa shape index (κ3) is 3.48. The number of aromatic nitrogens is 2. The number of benzene rings is 2. The van der Waals surface area contributed by atoms with Crippen LogP contribution in [0.1, 0.15) is 25.5 Å². The van der Waals surface area contributed by atoms with E-state index in [4.69, 9.17) is 5.10 Å². The van der Waals surface area contributed by atoms with Gasteiger partial charge in [-0.15, -0.1) is 0 Å². The van der Waals surface area contributed by atoms with Gasteiger partial charge >= 0.3 is 0 Å². The van der Waals surface area contributed by atoms with Crippen molar-refractivity contribution in [1.29, 1.82) is 0 Å². The molecule has 145 valence electrons. The van der Waals surface area contributed by atoms with E-state index < -0.39 is 0 Å². The molecule has 1 aliphatic heterocycles.